The van der Waals surface area contributed by atoms with Crippen molar-refractivity contribution in [2.24, 2.45) is 0 Å². The van der Waals surface area contributed by atoms with Gasteiger partial charge in [-0.25, -0.2) is 9.97 Å². The van der Waals surface area contributed by atoms with Crippen LogP contribution in [0.5, 0.6) is 0 Å². The van der Waals surface area contributed by atoms with Crippen molar-refractivity contribution in [3.63, 3.8) is 0 Å². The van der Waals surface area contributed by atoms with Gasteiger partial charge in [-0.2, -0.15) is 0 Å². The van der Waals surface area contributed by atoms with Crippen molar-refractivity contribution in [3.05, 3.63) is 63.9 Å². The Morgan fingerprint density at radius 3 is 2.52 bits per heavy atom. The molecule has 4 aromatic rings. The molecule has 0 aliphatic heterocycles. The largest absolute Gasteiger partial charge is 0.285 e. The first-order valence-electron chi connectivity index (χ1n) is 8.12. The fourth-order valence-corrected chi connectivity index (χ4v) is 4.88. The Morgan fingerprint density at radius 2 is 1.76 bits per heavy atom. The zero-order valence-electron chi connectivity index (χ0n) is 14.0. The molecule has 0 aliphatic carbocycles. The van der Waals surface area contributed by atoms with E-state index in [2.05, 4.69) is 11.1 Å². The van der Waals surface area contributed by atoms with Gasteiger partial charge in [-0.05, 0) is 38.1 Å². The van der Waals surface area contributed by atoms with Crippen LogP contribution in [0.25, 0.3) is 21.1 Å². The van der Waals surface area contributed by atoms with Gasteiger partial charge in [0.05, 0.1) is 26.9 Å². The summed E-state index contributed by atoms with van der Waals surface area (Å²) in [5.74, 6) is 0.705. The Hall–Kier alpha value is -2.18. The summed E-state index contributed by atoms with van der Waals surface area (Å²) in [5, 5.41) is 2.46. The first-order chi connectivity index (χ1) is 12.1. The van der Waals surface area contributed by atoms with E-state index in [4.69, 9.17) is 4.98 Å². The highest BCUT2D eigenvalue weighted by Crippen LogP contribution is 2.28. The van der Waals surface area contributed by atoms with Gasteiger partial charge in [0, 0.05) is 6.04 Å². The Labute approximate surface area is 153 Å². The molecule has 0 fully saturated rings. The number of aromatic nitrogens is 3. The molecule has 6 heteroatoms. The van der Waals surface area contributed by atoms with Crippen LogP contribution < -0.4 is 5.56 Å². The number of benzene rings is 2. The second-order valence-electron chi connectivity index (χ2n) is 6.04. The first-order valence-corrected chi connectivity index (χ1v) is 9.92. The van der Waals surface area contributed by atoms with E-state index in [1.807, 2.05) is 56.3 Å². The number of para-hydroxylation sites is 2. The van der Waals surface area contributed by atoms with Gasteiger partial charge >= 0.3 is 0 Å². The molecule has 2 aromatic heterocycles. The summed E-state index contributed by atoms with van der Waals surface area (Å²) in [6.07, 6.45) is 0. The lowest BCUT2D eigenvalue weighted by Crippen LogP contribution is -2.25. The number of thiazole rings is 1. The summed E-state index contributed by atoms with van der Waals surface area (Å²) in [6, 6.07) is 15.7. The molecule has 2 aromatic carbocycles. The van der Waals surface area contributed by atoms with E-state index in [9.17, 15) is 4.79 Å². The fourth-order valence-electron chi connectivity index (χ4n) is 2.79. The van der Waals surface area contributed by atoms with Crippen molar-refractivity contribution in [2.75, 3.05) is 0 Å². The molecule has 2 heterocycles. The minimum Gasteiger partial charge on any atom is -0.285 e. The molecule has 0 spiro atoms. The molecule has 0 unspecified atom stereocenters. The molecule has 25 heavy (non-hydrogen) atoms. The van der Waals surface area contributed by atoms with E-state index in [0.29, 0.717) is 11.1 Å². The highest BCUT2D eigenvalue weighted by molar-refractivity contribution is 7.98. The van der Waals surface area contributed by atoms with Crippen LogP contribution in [0, 0.1) is 0 Å². The third kappa shape index (κ3) is 3.07. The normalized spacial score (nSPS) is 11.6. The lowest BCUT2D eigenvalue weighted by Gasteiger charge is -2.15. The van der Waals surface area contributed by atoms with Gasteiger partial charge in [0.25, 0.3) is 5.56 Å². The third-order valence-electron chi connectivity index (χ3n) is 3.95. The van der Waals surface area contributed by atoms with Crippen molar-refractivity contribution < 1.29 is 0 Å². The van der Waals surface area contributed by atoms with E-state index >= 15 is 0 Å². The zero-order valence-corrected chi connectivity index (χ0v) is 15.6. The summed E-state index contributed by atoms with van der Waals surface area (Å²) < 4.78 is 2.96. The average Bonchev–Trinajstić information content (AvgIpc) is 3.02. The van der Waals surface area contributed by atoms with Crippen LogP contribution in [-0.2, 0) is 5.75 Å². The first kappa shape index (κ1) is 16.3. The van der Waals surface area contributed by atoms with Crippen LogP contribution in [0.1, 0.15) is 24.9 Å². The van der Waals surface area contributed by atoms with E-state index < -0.39 is 0 Å². The van der Waals surface area contributed by atoms with Crippen LogP contribution in [0.15, 0.2) is 58.5 Å². The zero-order chi connectivity index (χ0) is 17.4. The summed E-state index contributed by atoms with van der Waals surface area (Å²) >= 11 is 3.26. The monoisotopic (exact) mass is 367 g/mol. The van der Waals surface area contributed by atoms with Gasteiger partial charge in [0.1, 0.15) is 5.01 Å². The van der Waals surface area contributed by atoms with Crippen LogP contribution in [0.3, 0.4) is 0 Å². The predicted molar refractivity (Wildman–Crippen MR) is 106 cm³/mol. The van der Waals surface area contributed by atoms with Crippen molar-refractivity contribution in [1.82, 2.24) is 14.5 Å². The molecular weight excluding hydrogens is 350 g/mol. The van der Waals surface area contributed by atoms with E-state index in [-0.39, 0.29) is 11.6 Å². The standard InChI is InChI=1S/C19H17N3OS2/c1-12(2)22-18(23)13-7-3-4-8-14(13)21-19(22)24-11-17-20-15-9-5-6-10-16(15)25-17/h3-10,12H,11H2,1-2H3. The molecule has 0 atom stereocenters. The van der Waals surface area contributed by atoms with Crippen LogP contribution in [0.4, 0.5) is 0 Å². The molecule has 0 N–H and O–H groups in total. The number of fused-ring (bicyclic) bond motifs is 2. The highest BCUT2D eigenvalue weighted by Gasteiger charge is 2.14. The molecule has 0 radical (unpaired) electrons. The van der Waals surface area contributed by atoms with Gasteiger partial charge in [0.15, 0.2) is 5.16 Å². The molecule has 0 saturated carbocycles. The van der Waals surface area contributed by atoms with Crippen LogP contribution in [-0.4, -0.2) is 14.5 Å². The SMILES string of the molecule is CC(C)n1c(SCc2nc3ccccc3s2)nc2ccccc2c1=O. The molecule has 126 valence electrons. The second-order valence-corrected chi connectivity index (χ2v) is 8.10. The van der Waals surface area contributed by atoms with E-state index in [0.717, 1.165) is 21.2 Å². The molecular formula is C19H17N3OS2. The smallest absolute Gasteiger partial charge is 0.262 e. The second kappa shape index (κ2) is 6.61. The van der Waals surface area contributed by atoms with Gasteiger partial charge in [-0.15, -0.1) is 11.3 Å². The highest BCUT2D eigenvalue weighted by atomic mass is 32.2. The number of thioether (sulfide) groups is 1. The summed E-state index contributed by atoms with van der Waals surface area (Å²) in [6.45, 7) is 4.03. The lowest BCUT2D eigenvalue weighted by molar-refractivity contribution is 0.519. The van der Waals surface area contributed by atoms with Crippen molar-refractivity contribution in [3.8, 4) is 0 Å². The molecule has 0 amide bonds. The van der Waals surface area contributed by atoms with Crippen molar-refractivity contribution >= 4 is 44.2 Å². The Bertz CT molecular complexity index is 1080. The molecule has 4 nitrogen and oxygen atoms in total. The van der Waals surface area contributed by atoms with Crippen molar-refractivity contribution in [1.29, 1.82) is 0 Å². The third-order valence-corrected chi connectivity index (χ3v) is 6.14. The van der Waals surface area contributed by atoms with E-state index in [1.165, 1.54) is 4.70 Å². The Kier molecular flexibility index (Phi) is 4.31. The van der Waals surface area contributed by atoms with E-state index in [1.54, 1.807) is 27.7 Å². The lowest BCUT2D eigenvalue weighted by atomic mass is 10.2. The number of hydrogen-bond donors (Lipinski definition) is 0. The molecule has 0 bridgehead atoms. The number of rotatable bonds is 4. The fraction of sp³-hybridized carbons (Fsp3) is 0.211. The average molecular weight is 367 g/mol. The van der Waals surface area contributed by atoms with Crippen molar-refractivity contribution in [2.45, 2.75) is 30.8 Å². The summed E-state index contributed by atoms with van der Waals surface area (Å²) in [4.78, 5) is 22.2. The van der Waals surface area contributed by atoms with Crippen LogP contribution >= 0.6 is 23.1 Å². The molecule has 0 aliphatic rings. The maximum absolute atomic E-state index is 12.8. The maximum Gasteiger partial charge on any atom is 0.262 e. The summed E-state index contributed by atoms with van der Waals surface area (Å²) in [7, 11) is 0. The van der Waals surface area contributed by atoms with Gasteiger partial charge < -0.3 is 0 Å². The molecule has 4 rings (SSSR count). The maximum atomic E-state index is 12.8. The quantitative estimate of drug-likeness (QED) is 0.381. The predicted octanol–water partition coefficient (Wildman–Crippen LogP) is 4.88. The molecule has 0 saturated heterocycles. The van der Waals surface area contributed by atoms with Crippen LogP contribution in [0.2, 0.25) is 0 Å². The number of nitrogens with zero attached hydrogens (tertiary/aromatic N) is 3. The minimum absolute atomic E-state index is 0.0207. The van der Waals surface area contributed by atoms with Gasteiger partial charge in [0.2, 0.25) is 0 Å². The Morgan fingerprint density at radius 1 is 1.04 bits per heavy atom. The number of hydrogen-bond acceptors (Lipinski definition) is 5. The summed E-state index contributed by atoms with van der Waals surface area (Å²) in [5.41, 5.74) is 1.79. The minimum atomic E-state index is 0.0207. The Balaban J connectivity index is 1.72. The topological polar surface area (TPSA) is 47.8 Å². The van der Waals surface area contributed by atoms with Gasteiger partial charge in [-0.3, -0.25) is 9.36 Å². The van der Waals surface area contributed by atoms with Gasteiger partial charge in [-0.1, -0.05) is 36.0 Å².